The molecule has 4 N–H and O–H groups in total. The Morgan fingerprint density at radius 3 is 1.64 bits per heavy atom. The Labute approximate surface area is 292 Å². The van der Waals surface area contributed by atoms with Crippen molar-refractivity contribution in [1.82, 2.24) is 9.97 Å². The Bertz CT molecular complexity index is 2220. The van der Waals surface area contributed by atoms with Gasteiger partial charge in [0, 0.05) is 0 Å². The number of ether oxygens (including phenoxy) is 2. The van der Waals surface area contributed by atoms with Gasteiger partial charge in [-0.2, -0.15) is 0 Å². The standard InChI is InChI=1S/C18H16F2N2O2S.C18H14F2N2O2S/c2*1-2-3-10-4-7-14-12(8-10)22-15(25-14)9-24-13-6-5-11(19)16(17(13)20)18(21)23/h4-8H,2-3,9H2,1H3,(H2,21,23);2,4-8H,1,3,9H2,(H2,21,23). The molecule has 2 aromatic heterocycles. The highest BCUT2D eigenvalue weighted by Gasteiger charge is 2.21. The minimum absolute atomic E-state index is 0.00308. The summed E-state index contributed by atoms with van der Waals surface area (Å²) in [7, 11) is 0. The van der Waals surface area contributed by atoms with E-state index in [1.54, 1.807) is 0 Å². The van der Waals surface area contributed by atoms with E-state index >= 15 is 0 Å². The largest absolute Gasteiger partial charge is 0.483 e. The smallest absolute Gasteiger partial charge is 0.254 e. The molecule has 0 spiro atoms. The topological polar surface area (TPSA) is 130 Å². The van der Waals surface area contributed by atoms with Gasteiger partial charge >= 0.3 is 0 Å². The molecule has 258 valence electrons. The van der Waals surface area contributed by atoms with E-state index in [4.69, 9.17) is 20.9 Å². The number of nitrogens with zero attached hydrogens (tertiary/aromatic N) is 2. The van der Waals surface area contributed by atoms with Crippen LogP contribution < -0.4 is 20.9 Å². The van der Waals surface area contributed by atoms with Crippen molar-refractivity contribution in [3.05, 3.63) is 129 Å². The van der Waals surface area contributed by atoms with E-state index in [2.05, 4.69) is 29.5 Å². The number of primary amides is 2. The highest BCUT2D eigenvalue weighted by atomic mass is 32.1. The molecule has 2 heterocycles. The van der Waals surface area contributed by atoms with Crippen molar-refractivity contribution in [2.24, 2.45) is 11.5 Å². The van der Waals surface area contributed by atoms with Crippen LogP contribution in [0.4, 0.5) is 17.6 Å². The Hall–Kier alpha value is -5.34. The Morgan fingerprint density at radius 1 is 0.740 bits per heavy atom. The van der Waals surface area contributed by atoms with Crippen molar-refractivity contribution in [3.8, 4) is 11.5 Å². The SMILES string of the molecule is C=CCc1ccc2sc(COc3ccc(F)c(C(N)=O)c3F)nc2c1.CCCc1ccc2sc(COc3ccc(F)c(C(N)=O)c3F)nc2c1. The van der Waals surface area contributed by atoms with Crippen molar-refractivity contribution in [3.63, 3.8) is 0 Å². The molecule has 50 heavy (non-hydrogen) atoms. The van der Waals surface area contributed by atoms with Gasteiger partial charge in [-0.25, -0.2) is 27.5 Å². The maximum absolute atomic E-state index is 14.1. The molecule has 6 rings (SSSR count). The molecular weight excluding hydrogens is 693 g/mol. The van der Waals surface area contributed by atoms with Gasteiger partial charge in [0.25, 0.3) is 11.8 Å². The number of halogens is 4. The fourth-order valence-electron chi connectivity index (χ4n) is 4.92. The lowest BCUT2D eigenvalue weighted by Gasteiger charge is -2.08. The first-order valence-corrected chi connectivity index (χ1v) is 16.8. The number of allylic oxidation sites excluding steroid dienone is 1. The lowest BCUT2D eigenvalue weighted by Crippen LogP contribution is -2.16. The third kappa shape index (κ3) is 8.26. The highest BCUT2D eigenvalue weighted by Crippen LogP contribution is 2.29. The molecule has 0 aliphatic heterocycles. The van der Waals surface area contributed by atoms with E-state index in [-0.39, 0.29) is 24.7 Å². The number of benzene rings is 4. The lowest BCUT2D eigenvalue weighted by atomic mass is 10.1. The van der Waals surface area contributed by atoms with Gasteiger partial charge in [-0.15, -0.1) is 29.3 Å². The first kappa shape index (κ1) is 36.0. The molecule has 0 aliphatic carbocycles. The van der Waals surface area contributed by atoms with Gasteiger partial charge in [-0.3, -0.25) is 9.59 Å². The van der Waals surface area contributed by atoms with Gasteiger partial charge < -0.3 is 20.9 Å². The van der Waals surface area contributed by atoms with Crippen LogP contribution in [0.25, 0.3) is 20.4 Å². The molecule has 0 saturated carbocycles. The van der Waals surface area contributed by atoms with Gasteiger partial charge in [-0.1, -0.05) is 31.6 Å². The number of hydrogen-bond acceptors (Lipinski definition) is 8. The van der Waals surface area contributed by atoms with Crippen LogP contribution in [0.1, 0.15) is 55.2 Å². The van der Waals surface area contributed by atoms with Crippen molar-refractivity contribution in [2.75, 3.05) is 0 Å². The van der Waals surface area contributed by atoms with E-state index in [9.17, 15) is 27.2 Å². The van der Waals surface area contributed by atoms with Gasteiger partial charge in [-0.05, 0) is 72.5 Å². The number of thiazole rings is 2. The second-order valence-electron chi connectivity index (χ2n) is 10.8. The summed E-state index contributed by atoms with van der Waals surface area (Å²) in [6.45, 7) is 5.83. The number of fused-ring (bicyclic) bond motifs is 2. The predicted molar refractivity (Wildman–Crippen MR) is 186 cm³/mol. The monoisotopic (exact) mass is 722 g/mol. The van der Waals surface area contributed by atoms with E-state index in [1.165, 1.54) is 28.2 Å². The van der Waals surface area contributed by atoms with Crippen molar-refractivity contribution in [1.29, 1.82) is 0 Å². The number of carbonyl (C=O) groups is 2. The van der Waals surface area contributed by atoms with Crippen LogP contribution in [0, 0.1) is 23.3 Å². The maximum Gasteiger partial charge on any atom is 0.254 e. The summed E-state index contributed by atoms with van der Waals surface area (Å²) in [6.07, 6.45) is 4.59. The average molecular weight is 723 g/mol. The molecule has 0 aliphatic rings. The zero-order valence-corrected chi connectivity index (χ0v) is 28.2. The second-order valence-corrected chi connectivity index (χ2v) is 13.1. The highest BCUT2D eigenvalue weighted by molar-refractivity contribution is 7.18. The Kier molecular flexibility index (Phi) is 11.4. The molecule has 0 bridgehead atoms. The van der Waals surface area contributed by atoms with Crippen molar-refractivity contribution in [2.45, 2.75) is 39.4 Å². The molecule has 6 aromatic rings. The van der Waals surface area contributed by atoms with Crippen LogP contribution in [0.15, 0.2) is 73.3 Å². The summed E-state index contributed by atoms with van der Waals surface area (Å²) >= 11 is 2.85. The average Bonchev–Trinajstić information content (AvgIpc) is 3.67. The first-order valence-electron chi connectivity index (χ1n) is 15.2. The predicted octanol–water partition coefficient (Wildman–Crippen LogP) is 8.19. The van der Waals surface area contributed by atoms with Gasteiger partial charge in [0.05, 0.1) is 20.4 Å². The second kappa shape index (κ2) is 15.9. The molecule has 0 atom stereocenters. The Balaban J connectivity index is 0.000000194. The van der Waals surface area contributed by atoms with E-state index in [0.717, 1.165) is 69.5 Å². The zero-order valence-electron chi connectivity index (χ0n) is 26.6. The molecule has 8 nitrogen and oxygen atoms in total. The minimum atomic E-state index is -1.19. The molecule has 0 radical (unpaired) electrons. The summed E-state index contributed by atoms with van der Waals surface area (Å²) in [5, 5.41) is 1.29. The molecule has 14 heteroatoms. The fourth-order valence-corrected chi connectivity index (χ4v) is 6.64. The van der Waals surface area contributed by atoms with E-state index in [1.807, 2.05) is 36.4 Å². The number of amides is 2. The lowest BCUT2D eigenvalue weighted by molar-refractivity contribution is 0.0982. The number of rotatable bonds is 12. The van der Waals surface area contributed by atoms with Crippen molar-refractivity contribution >= 4 is 54.9 Å². The summed E-state index contributed by atoms with van der Waals surface area (Å²) in [4.78, 5) is 31.2. The summed E-state index contributed by atoms with van der Waals surface area (Å²) in [5.41, 5.74) is 12.4. The number of aryl methyl sites for hydroxylation is 1. The molecular formula is C36H30F4N4O4S2. The van der Waals surface area contributed by atoms with Gasteiger partial charge in [0.15, 0.2) is 23.1 Å². The molecule has 4 aromatic carbocycles. The number of aromatic nitrogens is 2. The summed E-state index contributed by atoms with van der Waals surface area (Å²) in [5.74, 6) is -7.09. The normalized spacial score (nSPS) is 10.9. The molecule has 0 saturated heterocycles. The third-order valence-electron chi connectivity index (χ3n) is 7.22. The molecule has 0 fully saturated rings. The van der Waals surface area contributed by atoms with E-state index in [0.29, 0.717) is 10.0 Å². The summed E-state index contributed by atoms with van der Waals surface area (Å²) in [6, 6.07) is 16.1. The van der Waals surface area contributed by atoms with E-state index < -0.39 is 46.2 Å². The van der Waals surface area contributed by atoms with Gasteiger partial charge in [0.2, 0.25) is 0 Å². The Morgan fingerprint density at radius 2 is 1.20 bits per heavy atom. The van der Waals surface area contributed by atoms with Gasteiger partial charge in [0.1, 0.15) is 46.0 Å². The van der Waals surface area contributed by atoms with Crippen LogP contribution in [-0.4, -0.2) is 21.8 Å². The zero-order chi connectivity index (χ0) is 35.9. The van der Waals surface area contributed by atoms with Crippen LogP contribution in [0.2, 0.25) is 0 Å². The van der Waals surface area contributed by atoms with Crippen LogP contribution in [0.3, 0.4) is 0 Å². The number of hydrogen-bond donors (Lipinski definition) is 2. The number of nitrogens with two attached hydrogens (primary N) is 2. The quantitative estimate of drug-likeness (QED) is 0.0968. The van der Waals surface area contributed by atoms with Crippen LogP contribution in [-0.2, 0) is 26.1 Å². The molecule has 2 amide bonds. The maximum atomic E-state index is 14.1. The minimum Gasteiger partial charge on any atom is -0.483 e. The third-order valence-corrected chi connectivity index (χ3v) is 9.24. The van der Waals surface area contributed by atoms with Crippen molar-refractivity contribution < 1.29 is 36.6 Å². The van der Waals surface area contributed by atoms with Crippen LogP contribution >= 0.6 is 22.7 Å². The molecule has 0 unspecified atom stereocenters. The van der Waals surface area contributed by atoms with Crippen LogP contribution in [0.5, 0.6) is 11.5 Å². The summed E-state index contributed by atoms with van der Waals surface area (Å²) < 4.78 is 68.0. The fraction of sp³-hybridized carbons (Fsp3) is 0.167. The number of carbonyl (C=O) groups excluding carboxylic acids is 2. The first-order chi connectivity index (χ1) is 24.0.